The summed E-state index contributed by atoms with van der Waals surface area (Å²) < 4.78 is 0. The Bertz CT molecular complexity index is 126. The monoisotopic (exact) mass is 152 g/mol. The first-order valence-corrected chi connectivity index (χ1v) is 4.90. The molecule has 0 aliphatic heterocycles. The third kappa shape index (κ3) is 2.69. The van der Waals surface area contributed by atoms with E-state index in [0.717, 1.165) is 17.8 Å². The normalized spacial score (nSPS) is 31.5. The molecule has 64 valence electrons. The molecule has 11 heavy (non-hydrogen) atoms. The van der Waals surface area contributed by atoms with E-state index in [4.69, 9.17) is 0 Å². The first-order chi connectivity index (χ1) is 5.27. The molecule has 1 rings (SSSR count). The van der Waals surface area contributed by atoms with Crippen LogP contribution in [0.25, 0.3) is 0 Å². The smallest absolute Gasteiger partial charge is 0.0205 e. The maximum absolute atomic E-state index is 3.83. The van der Waals surface area contributed by atoms with Crippen LogP contribution in [0.1, 0.15) is 39.5 Å². The van der Waals surface area contributed by atoms with Crippen molar-refractivity contribution in [3.63, 3.8) is 0 Å². The fraction of sp³-hybridized carbons (Fsp3) is 0.818. The second-order valence-electron chi connectivity index (χ2n) is 4.02. The Kier molecular flexibility index (Phi) is 3.16. The van der Waals surface area contributed by atoms with Gasteiger partial charge in [0.1, 0.15) is 0 Å². The van der Waals surface area contributed by atoms with Crippen LogP contribution in [0.2, 0.25) is 0 Å². The summed E-state index contributed by atoms with van der Waals surface area (Å²) in [6.07, 6.45) is 7.72. The van der Waals surface area contributed by atoms with Gasteiger partial charge in [-0.1, -0.05) is 32.8 Å². The van der Waals surface area contributed by atoms with Gasteiger partial charge in [-0.25, -0.2) is 0 Å². The Labute approximate surface area is 70.7 Å². The fourth-order valence-corrected chi connectivity index (χ4v) is 1.96. The molecule has 0 spiro atoms. The maximum Gasteiger partial charge on any atom is -0.0205 e. The van der Waals surface area contributed by atoms with Crippen LogP contribution < -0.4 is 0 Å². The molecule has 1 fully saturated rings. The third-order valence-corrected chi connectivity index (χ3v) is 2.77. The number of hydrogen-bond acceptors (Lipinski definition) is 0. The van der Waals surface area contributed by atoms with Crippen LogP contribution in [0, 0.1) is 17.8 Å². The molecule has 1 aliphatic rings. The Morgan fingerprint density at radius 1 is 1.64 bits per heavy atom. The van der Waals surface area contributed by atoms with Crippen LogP contribution in [0.15, 0.2) is 12.7 Å². The van der Waals surface area contributed by atoms with Gasteiger partial charge in [-0.15, -0.1) is 6.58 Å². The van der Waals surface area contributed by atoms with Gasteiger partial charge in [-0.3, -0.25) is 0 Å². The Morgan fingerprint density at radius 2 is 2.36 bits per heavy atom. The number of allylic oxidation sites excluding steroid dienone is 1. The fourth-order valence-electron chi connectivity index (χ4n) is 1.96. The molecule has 0 aromatic heterocycles. The SMILES string of the molecule is C=CC1CC1CC(C)CCC. The maximum atomic E-state index is 3.83. The van der Waals surface area contributed by atoms with Crippen LogP contribution in [0.3, 0.4) is 0 Å². The molecule has 0 bridgehead atoms. The van der Waals surface area contributed by atoms with E-state index in [2.05, 4.69) is 26.5 Å². The molecule has 3 atom stereocenters. The van der Waals surface area contributed by atoms with Gasteiger partial charge in [0.05, 0.1) is 0 Å². The summed E-state index contributed by atoms with van der Waals surface area (Å²) in [7, 11) is 0. The summed E-state index contributed by atoms with van der Waals surface area (Å²) in [4.78, 5) is 0. The molecule has 0 heterocycles. The van der Waals surface area contributed by atoms with E-state index >= 15 is 0 Å². The molecular weight excluding hydrogens is 132 g/mol. The summed E-state index contributed by atoms with van der Waals surface area (Å²) in [5.41, 5.74) is 0. The Balaban J connectivity index is 2.07. The van der Waals surface area contributed by atoms with Crippen molar-refractivity contribution in [2.24, 2.45) is 17.8 Å². The van der Waals surface area contributed by atoms with E-state index in [1.165, 1.54) is 25.7 Å². The molecule has 0 amide bonds. The largest absolute Gasteiger partial charge is 0.103 e. The highest BCUT2D eigenvalue weighted by atomic mass is 14.4. The predicted molar refractivity (Wildman–Crippen MR) is 50.5 cm³/mol. The van der Waals surface area contributed by atoms with Crippen LogP contribution in [0.4, 0.5) is 0 Å². The topological polar surface area (TPSA) is 0 Å². The van der Waals surface area contributed by atoms with Crippen molar-refractivity contribution < 1.29 is 0 Å². The highest BCUT2D eigenvalue weighted by Crippen LogP contribution is 2.44. The molecule has 1 aliphatic carbocycles. The molecule has 0 aromatic carbocycles. The van der Waals surface area contributed by atoms with Gasteiger partial charge in [0.2, 0.25) is 0 Å². The van der Waals surface area contributed by atoms with Crippen LogP contribution in [-0.4, -0.2) is 0 Å². The molecule has 0 saturated heterocycles. The van der Waals surface area contributed by atoms with Crippen molar-refractivity contribution in [3.8, 4) is 0 Å². The highest BCUT2D eigenvalue weighted by molar-refractivity contribution is 4.98. The van der Waals surface area contributed by atoms with Crippen molar-refractivity contribution >= 4 is 0 Å². The zero-order valence-corrected chi connectivity index (χ0v) is 7.84. The quantitative estimate of drug-likeness (QED) is 0.528. The van der Waals surface area contributed by atoms with Gasteiger partial charge >= 0.3 is 0 Å². The number of hydrogen-bond donors (Lipinski definition) is 0. The van der Waals surface area contributed by atoms with Gasteiger partial charge in [0, 0.05) is 0 Å². The van der Waals surface area contributed by atoms with Crippen LogP contribution >= 0.6 is 0 Å². The predicted octanol–water partition coefficient (Wildman–Crippen LogP) is 3.63. The first kappa shape index (κ1) is 8.83. The van der Waals surface area contributed by atoms with E-state index in [-0.39, 0.29) is 0 Å². The zero-order valence-electron chi connectivity index (χ0n) is 7.84. The van der Waals surface area contributed by atoms with Gasteiger partial charge in [0.15, 0.2) is 0 Å². The minimum absolute atomic E-state index is 0.870. The minimum Gasteiger partial charge on any atom is -0.103 e. The molecule has 0 aromatic rings. The first-order valence-electron chi connectivity index (χ1n) is 4.90. The van der Waals surface area contributed by atoms with Crippen molar-refractivity contribution in [2.45, 2.75) is 39.5 Å². The minimum atomic E-state index is 0.870. The molecule has 0 heteroatoms. The molecular formula is C11H20. The second-order valence-corrected chi connectivity index (χ2v) is 4.02. The average Bonchev–Trinajstić information content (AvgIpc) is 2.68. The summed E-state index contributed by atoms with van der Waals surface area (Å²) in [6.45, 7) is 8.48. The van der Waals surface area contributed by atoms with Crippen molar-refractivity contribution in [1.29, 1.82) is 0 Å². The molecule has 0 nitrogen and oxygen atoms in total. The highest BCUT2D eigenvalue weighted by Gasteiger charge is 2.34. The third-order valence-electron chi connectivity index (χ3n) is 2.77. The van der Waals surface area contributed by atoms with Gasteiger partial charge in [-0.05, 0) is 30.6 Å². The lowest BCUT2D eigenvalue weighted by atomic mass is 9.98. The van der Waals surface area contributed by atoms with Gasteiger partial charge in [0.25, 0.3) is 0 Å². The van der Waals surface area contributed by atoms with E-state index in [9.17, 15) is 0 Å². The Hall–Kier alpha value is -0.260. The Morgan fingerprint density at radius 3 is 2.82 bits per heavy atom. The summed E-state index contributed by atoms with van der Waals surface area (Å²) in [5, 5.41) is 0. The van der Waals surface area contributed by atoms with Gasteiger partial charge < -0.3 is 0 Å². The summed E-state index contributed by atoms with van der Waals surface area (Å²) in [5.74, 6) is 2.80. The molecule has 1 saturated carbocycles. The number of rotatable bonds is 5. The molecule has 3 unspecified atom stereocenters. The van der Waals surface area contributed by atoms with Crippen LogP contribution in [-0.2, 0) is 0 Å². The molecule has 0 radical (unpaired) electrons. The van der Waals surface area contributed by atoms with Gasteiger partial charge in [-0.2, -0.15) is 0 Å². The second kappa shape index (κ2) is 3.94. The van der Waals surface area contributed by atoms with E-state index in [0.29, 0.717) is 0 Å². The van der Waals surface area contributed by atoms with Crippen molar-refractivity contribution in [1.82, 2.24) is 0 Å². The summed E-state index contributed by atoms with van der Waals surface area (Å²) >= 11 is 0. The van der Waals surface area contributed by atoms with E-state index in [1.807, 2.05) is 0 Å². The van der Waals surface area contributed by atoms with Crippen molar-refractivity contribution in [2.75, 3.05) is 0 Å². The van der Waals surface area contributed by atoms with Crippen LogP contribution in [0.5, 0.6) is 0 Å². The zero-order chi connectivity index (χ0) is 8.27. The summed E-state index contributed by atoms with van der Waals surface area (Å²) in [6, 6.07) is 0. The lowest BCUT2D eigenvalue weighted by molar-refractivity contribution is 0.450. The molecule has 0 N–H and O–H groups in total. The lowest BCUT2D eigenvalue weighted by Crippen LogP contribution is -1.95. The lowest BCUT2D eigenvalue weighted by Gasteiger charge is -2.07. The van der Waals surface area contributed by atoms with E-state index < -0.39 is 0 Å². The standard InChI is InChI=1S/C11H20/c1-4-6-9(3)7-11-8-10(11)5-2/h5,9-11H,2,4,6-8H2,1,3H3. The van der Waals surface area contributed by atoms with Crippen molar-refractivity contribution in [3.05, 3.63) is 12.7 Å². The van der Waals surface area contributed by atoms with E-state index in [1.54, 1.807) is 0 Å². The average molecular weight is 152 g/mol.